The van der Waals surface area contributed by atoms with Crippen LogP contribution in [-0.4, -0.2) is 19.9 Å². The molecule has 1 aromatic rings. The predicted octanol–water partition coefficient (Wildman–Crippen LogP) is 1.89. The van der Waals surface area contributed by atoms with Crippen molar-refractivity contribution in [1.82, 2.24) is 10.9 Å². The third-order valence-corrected chi connectivity index (χ3v) is 3.36. The third kappa shape index (κ3) is 5.29. The van der Waals surface area contributed by atoms with Gasteiger partial charge in [-0.25, -0.2) is 0 Å². The van der Waals surface area contributed by atoms with Gasteiger partial charge in [0, 0.05) is 5.56 Å². The molecule has 0 bridgehead atoms. The Balaban J connectivity index is 2.64. The van der Waals surface area contributed by atoms with Gasteiger partial charge in [-0.2, -0.15) is 0 Å². The Morgan fingerprint density at radius 2 is 1.80 bits per heavy atom. The topological polar surface area (TPSA) is 58.2 Å². The maximum atomic E-state index is 12.0. The summed E-state index contributed by atoms with van der Waals surface area (Å²) in [5.41, 5.74) is 9.13. The monoisotopic (exact) mass is 288 g/mol. The van der Waals surface area contributed by atoms with Crippen molar-refractivity contribution in [1.29, 1.82) is 0 Å². The smallest absolute Gasteiger partial charge is 0.267 e. The van der Waals surface area contributed by atoms with Crippen LogP contribution in [0.5, 0.6) is 0 Å². The summed E-state index contributed by atoms with van der Waals surface area (Å²) in [6.45, 7) is 8.11. The summed E-state index contributed by atoms with van der Waals surface area (Å²) in [6, 6.07) is 7.30. The highest BCUT2D eigenvalue weighted by Gasteiger charge is 2.11. The molecule has 0 unspecified atom stereocenters. The van der Waals surface area contributed by atoms with Crippen LogP contribution in [0.3, 0.4) is 0 Å². The van der Waals surface area contributed by atoms with Crippen molar-refractivity contribution in [3.63, 3.8) is 0 Å². The average Bonchev–Trinajstić information content (AvgIpc) is 2.41. The minimum Gasteiger partial charge on any atom is -0.267 e. The van der Waals surface area contributed by atoms with Gasteiger partial charge in [0.15, 0.2) is 0 Å². The van der Waals surface area contributed by atoms with E-state index >= 15 is 0 Å². The molecule has 5 heteroatoms. The standard InChI is InChI=1S/C15H20N2O2Si/c1-5-12-8-6-7-9-13(12)15(19)17-16-14(18)10-11-20(2,3)4/h6-9H,5H2,1-4H3,(H,16,18)(H,17,19). The number of amides is 2. The van der Waals surface area contributed by atoms with Crippen LogP contribution in [0.2, 0.25) is 19.6 Å². The number of carbonyl (C=O) groups excluding carboxylic acids is 2. The van der Waals surface area contributed by atoms with Crippen molar-refractivity contribution >= 4 is 19.9 Å². The molecule has 0 aliphatic rings. The molecule has 0 fully saturated rings. The van der Waals surface area contributed by atoms with Crippen LogP contribution in [0.1, 0.15) is 22.8 Å². The van der Waals surface area contributed by atoms with Gasteiger partial charge in [0.2, 0.25) is 0 Å². The summed E-state index contributed by atoms with van der Waals surface area (Å²) in [7, 11) is -1.59. The van der Waals surface area contributed by atoms with Crippen molar-refractivity contribution in [2.45, 2.75) is 33.0 Å². The molecule has 0 spiro atoms. The van der Waals surface area contributed by atoms with Gasteiger partial charge >= 0.3 is 5.91 Å². The van der Waals surface area contributed by atoms with Crippen LogP contribution < -0.4 is 10.9 Å². The van der Waals surface area contributed by atoms with E-state index in [-0.39, 0.29) is 5.91 Å². The Morgan fingerprint density at radius 1 is 1.15 bits per heavy atom. The Kier molecular flexibility index (Phi) is 5.53. The fourth-order valence-corrected chi connectivity index (χ4v) is 2.00. The van der Waals surface area contributed by atoms with Crippen molar-refractivity contribution in [3.05, 3.63) is 35.4 Å². The Morgan fingerprint density at radius 3 is 2.40 bits per heavy atom. The van der Waals surface area contributed by atoms with Gasteiger partial charge in [0.1, 0.15) is 8.07 Å². The van der Waals surface area contributed by atoms with Gasteiger partial charge in [-0.05, 0) is 24.0 Å². The third-order valence-electron chi connectivity index (χ3n) is 2.48. The lowest BCUT2D eigenvalue weighted by Gasteiger charge is -2.08. The van der Waals surface area contributed by atoms with E-state index in [0.717, 1.165) is 12.0 Å². The lowest BCUT2D eigenvalue weighted by Crippen LogP contribution is -2.41. The zero-order valence-corrected chi connectivity index (χ0v) is 13.3. The maximum absolute atomic E-state index is 12.0. The lowest BCUT2D eigenvalue weighted by molar-refractivity contribution is -0.116. The average molecular weight is 288 g/mol. The molecule has 2 amide bonds. The first-order valence-electron chi connectivity index (χ1n) is 6.55. The molecule has 0 aliphatic heterocycles. The Hall–Kier alpha value is -2.06. The molecule has 2 N–H and O–H groups in total. The van der Waals surface area contributed by atoms with Gasteiger partial charge in [0.05, 0.1) is 0 Å². The van der Waals surface area contributed by atoms with E-state index in [1.165, 1.54) is 0 Å². The van der Waals surface area contributed by atoms with Crippen LogP contribution in [0.4, 0.5) is 0 Å². The quantitative estimate of drug-likeness (QED) is 0.496. The van der Waals surface area contributed by atoms with Gasteiger partial charge < -0.3 is 0 Å². The van der Waals surface area contributed by atoms with E-state index in [9.17, 15) is 9.59 Å². The molecule has 0 radical (unpaired) electrons. The highest BCUT2D eigenvalue weighted by Crippen LogP contribution is 2.08. The number of aryl methyl sites for hydroxylation is 1. The largest absolute Gasteiger partial charge is 0.313 e. The van der Waals surface area contributed by atoms with E-state index in [2.05, 4.69) is 22.3 Å². The van der Waals surface area contributed by atoms with Crippen LogP contribution in [0.25, 0.3) is 0 Å². The minimum absolute atomic E-state index is 0.328. The van der Waals surface area contributed by atoms with E-state index in [1.807, 2.05) is 38.7 Å². The second-order valence-electron chi connectivity index (χ2n) is 5.42. The van der Waals surface area contributed by atoms with Crippen LogP contribution >= 0.6 is 0 Å². The number of rotatable bonds is 2. The summed E-state index contributed by atoms with van der Waals surface area (Å²) in [6.07, 6.45) is 0.757. The van der Waals surface area contributed by atoms with Gasteiger partial charge in [-0.15, -0.1) is 5.54 Å². The zero-order chi connectivity index (χ0) is 15.2. The molecule has 1 rings (SSSR count). The maximum Gasteiger partial charge on any atom is 0.313 e. The second kappa shape index (κ2) is 6.92. The first-order valence-corrected chi connectivity index (χ1v) is 10.0. The van der Waals surface area contributed by atoms with Crippen LogP contribution in [0.15, 0.2) is 24.3 Å². The summed E-state index contributed by atoms with van der Waals surface area (Å²) >= 11 is 0. The van der Waals surface area contributed by atoms with E-state index in [0.29, 0.717) is 5.56 Å². The molecule has 4 nitrogen and oxygen atoms in total. The van der Waals surface area contributed by atoms with Crippen molar-refractivity contribution in [3.8, 4) is 11.5 Å². The molecule has 1 aromatic carbocycles. The number of hydrogen-bond acceptors (Lipinski definition) is 2. The molecular formula is C15H20N2O2Si. The summed E-state index contributed by atoms with van der Waals surface area (Å²) in [5, 5.41) is 0. The minimum atomic E-state index is -1.59. The molecule has 0 heterocycles. The molecule has 0 atom stereocenters. The normalized spacial score (nSPS) is 10.2. The van der Waals surface area contributed by atoms with Gasteiger partial charge in [-0.3, -0.25) is 20.4 Å². The van der Waals surface area contributed by atoms with E-state index < -0.39 is 14.0 Å². The highest BCUT2D eigenvalue weighted by molar-refractivity contribution is 6.84. The fraction of sp³-hybridized carbons (Fsp3) is 0.333. The summed E-state index contributed by atoms with van der Waals surface area (Å²) in [5.74, 6) is 1.69. The lowest BCUT2D eigenvalue weighted by atomic mass is 10.1. The molecule has 0 aliphatic carbocycles. The van der Waals surface area contributed by atoms with E-state index in [4.69, 9.17) is 0 Å². The molecular weight excluding hydrogens is 268 g/mol. The summed E-state index contributed by atoms with van der Waals surface area (Å²) in [4.78, 5) is 23.5. The molecule has 0 saturated carbocycles. The predicted molar refractivity (Wildman–Crippen MR) is 82.6 cm³/mol. The summed E-state index contributed by atoms with van der Waals surface area (Å²) < 4.78 is 0. The number of nitrogens with one attached hydrogen (secondary N) is 2. The molecule has 0 aromatic heterocycles. The van der Waals surface area contributed by atoms with E-state index in [1.54, 1.807) is 12.1 Å². The Bertz CT molecular complexity index is 565. The molecule has 106 valence electrons. The zero-order valence-electron chi connectivity index (χ0n) is 12.3. The van der Waals surface area contributed by atoms with Crippen molar-refractivity contribution < 1.29 is 9.59 Å². The number of hydrogen-bond donors (Lipinski definition) is 2. The highest BCUT2D eigenvalue weighted by atomic mass is 28.3. The Labute approximate surface area is 120 Å². The molecule has 20 heavy (non-hydrogen) atoms. The fourth-order valence-electron chi connectivity index (χ4n) is 1.51. The van der Waals surface area contributed by atoms with Crippen molar-refractivity contribution in [2.24, 2.45) is 0 Å². The van der Waals surface area contributed by atoms with Gasteiger partial charge in [0.25, 0.3) is 5.91 Å². The number of hydrazine groups is 1. The molecule has 0 saturated heterocycles. The number of carbonyl (C=O) groups is 2. The first kappa shape index (κ1) is 16.0. The number of benzene rings is 1. The SMILES string of the molecule is CCc1ccccc1C(=O)NNC(=O)C#C[Si](C)(C)C. The second-order valence-corrected chi connectivity index (χ2v) is 10.2. The first-order chi connectivity index (χ1) is 9.33. The van der Waals surface area contributed by atoms with Crippen LogP contribution in [-0.2, 0) is 11.2 Å². The van der Waals surface area contributed by atoms with Crippen LogP contribution in [0, 0.1) is 11.5 Å². The van der Waals surface area contributed by atoms with Crippen molar-refractivity contribution in [2.75, 3.05) is 0 Å². The van der Waals surface area contributed by atoms with Gasteiger partial charge in [-0.1, -0.05) is 44.8 Å².